The number of nitrogens with one attached hydrogen (secondary N) is 2. The Bertz CT molecular complexity index is 309. The van der Waals surface area contributed by atoms with Gasteiger partial charge >= 0.3 is 0 Å². The molecule has 0 saturated carbocycles. The second kappa shape index (κ2) is 12.5. The Morgan fingerprint density at radius 1 is 0.955 bits per heavy atom. The summed E-state index contributed by atoms with van der Waals surface area (Å²) in [4.78, 5) is 23.1. The summed E-state index contributed by atoms with van der Waals surface area (Å²) < 4.78 is 0. The predicted octanol–water partition coefficient (Wildman–Crippen LogP) is 4.04. The lowest BCUT2D eigenvalue weighted by Crippen LogP contribution is -2.43. The summed E-state index contributed by atoms with van der Waals surface area (Å²) in [6.45, 7) is 11.2. The number of rotatable bonds is 10. The van der Waals surface area contributed by atoms with Crippen LogP contribution >= 0.6 is 0 Å². The summed E-state index contributed by atoms with van der Waals surface area (Å²) in [7, 11) is 0. The monoisotopic (exact) mass is 314 g/mol. The highest BCUT2D eigenvalue weighted by Gasteiger charge is 2.25. The van der Waals surface area contributed by atoms with E-state index in [2.05, 4.69) is 31.4 Å². The quantitative estimate of drug-likeness (QED) is 0.598. The van der Waals surface area contributed by atoms with Crippen molar-refractivity contribution in [1.29, 1.82) is 0 Å². The molecule has 0 aliphatic rings. The molecule has 0 spiro atoms. The van der Waals surface area contributed by atoms with Crippen molar-refractivity contribution in [2.45, 2.75) is 93.0 Å². The minimum atomic E-state index is 0. The van der Waals surface area contributed by atoms with Gasteiger partial charge in [0.25, 0.3) is 0 Å². The third kappa shape index (κ3) is 11.6. The van der Waals surface area contributed by atoms with E-state index in [9.17, 15) is 9.59 Å². The Kier molecular flexibility index (Phi) is 13.2. The number of carbonyl (C=O) groups is 2. The van der Waals surface area contributed by atoms with Crippen LogP contribution in [-0.2, 0) is 9.59 Å². The molecule has 1 atom stereocenters. The topological polar surface area (TPSA) is 58.2 Å². The average Bonchev–Trinajstić information content (AvgIpc) is 2.36. The zero-order chi connectivity index (χ0) is 16.3. The summed E-state index contributed by atoms with van der Waals surface area (Å²) in [6.07, 6.45) is 5.92. The second-order valence-corrected chi connectivity index (χ2v) is 6.83. The molecule has 0 aromatic heterocycles. The standard InChI is InChI=1S/C17H34N2O2.CH4/c1-6-10-15(20)18-13-9-8-12-14(17(3,4)5)19-16(21)11-7-2;/h14H,6-13H2,1-5H3,(H,18,20)(H,19,21);1H4/t14-;/m0./s1. The van der Waals surface area contributed by atoms with Gasteiger partial charge in [0.15, 0.2) is 0 Å². The smallest absolute Gasteiger partial charge is 0.220 e. The molecule has 0 bridgehead atoms. The van der Waals surface area contributed by atoms with E-state index in [0.29, 0.717) is 12.8 Å². The zero-order valence-electron chi connectivity index (χ0n) is 14.6. The number of hydrogen-bond acceptors (Lipinski definition) is 2. The van der Waals surface area contributed by atoms with Gasteiger partial charge in [-0.1, -0.05) is 42.0 Å². The Hall–Kier alpha value is -1.06. The maximum atomic E-state index is 11.8. The van der Waals surface area contributed by atoms with Crippen molar-refractivity contribution < 1.29 is 9.59 Å². The van der Waals surface area contributed by atoms with E-state index >= 15 is 0 Å². The first kappa shape index (κ1) is 23.2. The van der Waals surface area contributed by atoms with E-state index in [0.717, 1.165) is 38.6 Å². The van der Waals surface area contributed by atoms with Crippen molar-refractivity contribution >= 4 is 11.8 Å². The van der Waals surface area contributed by atoms with E-state index in [-0.39, 0.29) is 30.7 Å². The highest BCUT2D eigenvalue weighted by molar-refractivity contribution is 5.76. The molecular formula is C18H38N2O2. The fourth-order valence-electron chi connectivity index (χ4n) is 2.23. The molecule has 0 aliphatic carbocycles. The van der Waals surface area contributed by atoms with Crippen molar-refractivity contribution in [3.05, 3.63) is 0 Å². The fraction of sp³-hybridized carbons (Fsp3) is 0.889. The van der Waals surface area contributed by atoms with Gasteiger partial charge < -0.3 is 10.6 Å². The Labute approximate surface area is 137 Å². The highest BCUT2D eigenvalue weighted by Crippen LogP contribution is 2.23. The van der Waals surface area contributed by atoms with Crippen LogP contribution in [0.1, 0.15) is 87.0 Å². The minimum absolute atomic E-state index is 0. The van der Waals surface area contributed by atoms with Crippen molar-refractivity contribution in [2.75, 3.05) is 6.54 Å². The van der Waals surface area contributed by atoms with Crippen molar-refractivity contribution in [3.8, 4) is 0 Å². The van der Waals surface area contributed by atoms with E-state index in [1.165, 1.54) is 0 Å². The maximum Gasteiger partial charge on any atom is 0.220 e. The Morgan fingerprint density at radius 2 is 1.50 bits per heavy atom. The molecule has 4 nitrogen and oxygen atoms in total. The van der Waals surface area contributed by atoms with Crippen LogP contribution in [0.5, 0.6) is 0 Å². The van der Waals surface area contributed by atoms with Crippen LogP contribution in [0.4, 0.5) is 0 Å². The number of hydrogen-bond donors (Lipinski definition) is 2. The molecule has 0 rings (SSSR count). The molecule has 0 radical (unpaired) electrons. The lowest BCUT2D eigenvalue weighted by Gasteiger charge is -2.31. The summed E-state index contributed by atoms with van der Waals surface area (Å²) in [5.74, 6) is 0.287. The molecule has 0 aromatic carbocycles. The average molecular weight is 315 g/mol. The molecule has 22 heavy (non-hydrogen) atoms. The Morgan fingerprint density at radius 3 is 2.00 bits per heavy atom. The first-order valence-corrected chi connectivity index (χ1v) is 8.37. The predicted molar refractivity (Wildman–Crippen MR) is 94.8 cm³/mol. The second-order valence-electron chi connectivity index (χ2n) is 6.83. The van der Waals surface area contributed by atoms with E-state index in [4.69, 9.17) is 0 Å². The zero-order valence-corrected chi connectivity index (χ0v) is 14.6. The van der Waals surface area contributed by atoms with Crippen molar-refractivity contribution in [1.82, 2.24) is 10.6 Å². The molecule has 132 valence electrons. The van der Waals surface area contributed by atoms with Gasteiger partial charge in [0, 0.05) is 25.4 Å². The van der Waals surface area contributed by atoms with Gasteiger partial charge in [0.05, 0.1) is 0 Å². The first-order chi connectivity index (χ1) is 9.81. The Balaban J connectivity index is 0. The molecule has 0 unspecified atom stereocenters. The van der Waals surface area contributed by atoms with E-state index < -0.39 is 0 Å². The van der Waals surface area contributed by atoms with Gasteiger partial charge in [-0.2, -0.15) is 0 Å². The van der Waals surface area contributed by atoms with Gasteiger partial charge in [-0.3, -0.25) is 9.59 Å². The van der Waals surface area contributed by atoms with Crippen LogP contribution in [0, 0.1) is 5.41 Å². The molecule has 2 N–H and O–H groups in total. The molecule has 4 heteroatoms. The van der Waals surface area contributed by atoms with Crippen LogP contribution in [0.15, 0.2) is 0 Å². The van der Waals surface area contributed by atoms with Gasteiger partial charge in [-0.15, -0.1) is 0 Å². The lowest BCUT2D eigenvalue weighted by molar-refractivity contribution is -0.122. The fourth-order valence-corrected chi connectivity index (χ4v) is 2.23. The lowest BCUT2D eigenvalue weighted by atomic mass is 9.83. The molecule has 2 amide bonds. The van der Waals surface area contributed by atoms with Gasteiger partial charge in [0.1, 0.15) is 0 Å². The normalized spacial score (nSPS) is 12.2. The van der Waals surface area contributed by atoms with Gasteiger partial charge in [-0.25, -0.2) is 0 Å². The molecule has 0 aromatic rings. The number of unbranched alkanes of at least 4 members (excludes halogenated alkanes) is 1. The van der Waals surface area contributed by atoms with Gasteiger partial charge in [-0.05, 0) is 37.5 Å². The van der Waals surface area contributed by atoms with Crippen molar-refractivity contribution in [3.63, 3.8) is 0 Å². The van der Waals surface area contributed by atoms with Crippen molar-refractivity contribution in [2.24, 2.45) is 5.41 Å². The summed E-state index contributed by atoms with van der Waals surface area (Å²) in [6, 6.07) is 0.197. The molecule has 0 fully saturated rings. The van der Waals surface area contributed by atoms with Crippen LogP contribution in [0.2, 0.25) is 0 Å². The largest absolute Gasteiger partial charge is 0.356 e. The first-order valence-electron chi connectivity index (χ1n) is 8.37. The van der Waals surface area contributed by atoms with E-state index in [1.807, 2.05) is 13.8 Å². The SMILES string of the molecule is C.CCCC(=O)NCCCC[C@H](NC(=O)CCC)C(C)(C)C. The van der Waals surface area contributed by atoms with Crippen LogP contribution < -0.4 is 10.6 Å². The summed E-state index contributed by atoms with van der Waals surface area (Å²) >= 11 is 0. The number of amides is 2. The maximum absolute atomic E-state index is 11.8. The van der Waals surface area contributed by atoms with E-state index in [1.54, 1.807) is 0 Å². The van der Waals surface area contributed by atoms with Crippen LogP contribution in [0.3, 0.4) is 0 Å². The number of carbonyl (C=O) groups excluding carboxylic acids is 2. The third-order valence-corrected chi connectivity index (χ3v) is 3.58. The summed E-state index contributed by atoms with van der Waals surface area (Å²) in [5.41, 5.74) is 0.0643. The van der Waals surface area contributed by atoms with Crippen LogP contribution in [-0.4, -0.2) is 24.4 Å². The van der Waals surface area contributed by atoms with Gasteiger partial charge in [0.2, 0.25) is 11.8 Å². The molecule has 0 aliphatic heterocycles. The minimum Gasteiger partial charge on any atom is -0.356 e. The molecule has 0 heterocycles. The molecule has 0 saturated heterocycles. The molecular weight excluding hydrogens is 276 g/mol. The summed E-state index contributed by atoms with van der Waals surface area (Å²) in [5, 5.41) is 6.08. The van der Waals surface area contributed by atoms with Crippen LogP contribution in [0.25, 0.3) is 0 Å². The highest BCUT2D eigenvalue weighted by atomic mass is 16.2. The third-order valence-electron chi connectivity index (χ3n) is 3.58.